The number of hydrogen-bond acceptors (Lipinski definition) is 4. The largest absolute Gasteiger partial charge is 0.481 e. The highest BCUT2D eigenvalue weighted by molar-refractivity contribution is 5.70. The van der Waals surface area contributed by atoms with Crippen LogP contribution in [-0.4, -0.2) is 34.0 Å². The van der Waals surface area contributed by atoms with E-state index < -0.39 is 5.97 Å². The average molecular weight is 304 g/mol. The van der Waals surface area contributed by atoms with Gasteiger partial charge in [-0.3, -0.25) is 9.69 Å². The predicted molar refractivity (Wildman–Crippen MR) is 77.5 cm³/mol. The topological polar surface area (TPSA) is 66.6 Å². The van der Waals surface area contributed by atoms with E-state index in [2.05, 4.69) is 9.88 Å². The van der Waals surface area contributed by atoms with Gasteiger partial charge in [0.05, 0.1) is 11.6 Å². The molecular weight excluding hydrogens is 287 g/mol. The highest BCUT2D eigenvalue weighted by atomic mass is 19.1. The molecule has 5 nitrogen and oxygen atoms in total. The number of likely N-dealkylation sites (tertiary alicyclic amines) is 1. The van der Waals surface area contributed by atoms with E-state index in [1.807, 2.05) is 0 Å². The number of oxazole rings is 1. The molecule has 1 atom stereocenters. The Balaban J connectivity index is 1.68. The van der Waals surface area contributed by atoms with E-state index in [-0.39, 0.29) is 11.7 Å². The average Bonchev–Trinajstić information content (AvgIpc) is 2.96. The van der Waals surface area contributed by atoms with E-state index in [1.165, 1.54) is 12.1 Å². The van der Waals surface area contributed by atoms with Crippen LogP contribution in [0.25, 0.3) is 11.5 Å². The molecule has 1 aliphatic rings. The molecule has 1 aliphatic heterocycles. The SMILES string of the molecule is O=C(O)[C@@H]1CCCN(Cc2coc(-c3cccc(F)c3)n2)C1. The van der Waals surface area contributed by atoms with E-state index in [1.54, 1.807) is 18.4 Å². The number of carboxylic acid groups (broad SMARTS) is 1. The first-order chi connectivity index (χ1) is 10.6. The Morgan fingerprint density at radius 2 is 2.36 bits per heavy atom. The Morgan fingerprint density at radius 1 is 1.50 bits per heavy atom. The summed E-state index contributed by atoms with van der Waals surface area (Å²) in [5.74, 6) is -1.02. The summed E-state index contributed by atoms with van der Waals surface area (Å²) in [4.78, 5) is 17.5. The van der Waals surface area contributed by atoms with E-state index in [0.717, 1.165) is 25.1 Å². The number of rotatable bonds is 4. The van der Waals surface area contributed by atoms with E-state index in [0.29, 0.717) is 24.5 Å². The van der Waals surface area contributed by atoms with Gasteiger partial charge in [-0.2, -0.15) is 0 Å². The fraction of sp³-hybridized carbons (Fsp3) is 0.375. The van der Waals surface area contributed by atoms with Crippen molar-refractivity contribution in [2.75, 3.05) is 13.1 Å². The fourth-order valence-electron chi connectivity index (χ4n) is 2.76. The zero-order valence-electron chi connectivity index (χ0n) is 12.0. The monoisotopic (exact) mass is 304 g/mol. The van der Waals surface area contributed by atoms with Crippen LogP contribution in [-0.2, 0) is 11.3 Å². The van der Waals surface area contributed by atoms with Crippen LogP contribution in [0.15, 0.2) is 34.9 Å². The van der Waals surface area contributed by atoms with Gasteiger partial charge in [0.2, 0.25) is 5.89 Å². The van der Waals surface area contributed by atoms with Crippen molar-refractivity contribution < 1.29 is 18.7 Å². The number of halogens is 1. The van der Waals surface area contributed by atoms with Crippen molar-refractivity contribution in [3.63, 3.8) is 0 Å². The molecule has 2 aromatic rings. The predicted octanol–water partition coefficient (Wildman–Crippen LogP) is 2.78. The standard InChI is InChI=1S/C16H17FN2O3/c17-13-5-1-3-11(7-13)15-18-14(10-22-15)9-19-6-2-4-12(8-19)16(20)21/h1,3,5,7,10,12H,2,4,6,8-9H2,(H,20,21)/t12-/m1/s1. The van der Waals surface area contributed by atoms with Crippen LogP contribution in [0, 0.1) is 11.7 Å². The summed E-state index contributed by atoms with van der Waals surface area (Å²) in [5.41, 5.74) is 1.32. The van der Waals surface area contributed by atoms with Crippen molar-refractivity contribution >= 4 is 5.97 Å². The second kappa shape index (κ2) is 6.27. The number of nitrogens with zero attached hydrogens (tertiary/aromatic N) is 2. The Morgan fingerprint density at radius 3 is 3.14 bits per heavy atom. The lowest BCUT2D eigenvalue weighted by Gasteiger charge is -2.29. The molecule has 0 bridgehead atoms. The van der Waals surface area contributed by atoms with E-state index in [9.17, 15) is 9.18 Å². The molecule has 1 fully saturated rings. The summed E-state index contributed by atoms with van der Waals surface area (Å²) in [5, 5.41) is 9.10. The molecular formula is C16H17FN2O3. The third-order valence-electron chi connectivity index (χ3n) is 3.86. The summed E-state index contributed by atoms with van der Waals surface area (Å²) in [6.07, 6.45) is 3.13. The molecule has 1 N–H and O–H groups in total. The summed E-state index contributed by atoms with van der Waals surface area (Å²) >= 11 is 0. The molecule has 1 aromatic heterocycles. The van der Waals surface area contributed by atoms with Gasteiger partial charge in [0.15, 0.2) is 0 Å². The van der Waals surface area contributed by atoms with Crippen molar-refractivity contribution in [2.45, 2.75) is 19.4 Å². The van der Waals surface area contributed by atoms with Gasteiger partial charge in [-0.15, -0.1) is 0 Å². The zero-order chi connectivity index (χ0) is 15.5. The lowest BCUT2D eigenvalue weighted by Crippen LogP contribution is -2.38. The van der Waals surface area contributed by atoms with Gasteiger partial charge in [0.1, 0.15) is 12.1 Å². The van der Waals surface area contributed by atoms with Crippen LogP contribution in [0.2, 0.25) is 0 Å². The third-order valence-corrected chi connectivity index (χ3v) is 3.86. The molecule has 0 unspecified atom stereocenters. The smallest absolute Gasteiger partial charge is 0.307 e. The maximum atomic E-state index is 13.2. The van der Waals surface area contributed by atoms with Crippen molar-refractivity contribution in [1.29, 1.82) is 0 Å². The summed E-state index contributed by atoms with van der Waals surface area (Å²) in [6, 6.07) is 6.08. The molecule has 6 heteroatoms. The third kappa shape index (κ3) is 3.33. The molecule has 0 amide bonds. The van der Waals surface area contributed by atoms with Crippen LogP contribution >= 0.6 is 0 Å². The van der Waals surface area contributed by atoms with E-state index in [4.69, 9.17) is 9.52 Å². The maximum Gasteiger partial charge on any atom is 0.307 e. The Kier molecular flexibility index (Phi) is 4.20. The number of piperidine rings is 1. The molecule has 2 heterocycles. The minimum atomic E-state index is -0.745. The van der Waals surface area contributed by atoms with Gasteiger partial charge >= 0.3 is 5.97 Å². The minimum Gasteiger partial charge on any atom is -0.481 e. The van der Waals surface area contributed by atoms with Crippen LogP contribution in [0.5, 0.6) is 0 Å². The van der Waals surface area contributed by atoms with E-state index >= 15 is 0 Å². The lowest BCUT2D eigenvalue weighted by atomic mass is 9.98. The number of benzene rings is 1. The number of hydrogen-bond donors (Lipinski definition) is 1. The normalized spacial score (nSPS) is 19.2. The van der Waals surface area contributed by atoms with Crippen LogP contribution in [0.4, 0.5) is 4.39 Å². The molecule has 116 valence electrons. The second-order valence-electron chi connectivity index (χ2n) is 5.57. The number of carbonyl (C=O) groups is 1. The zero-order valence-corrected chi connectivity index (χ0v) is 12.0. The van der Waals surface area contributed by atoms with Crippen LogP contribution < -0.4 is 0 Å². The summed E-state index contributed by atoms with van der Waals surface area (Å²) in [6.45, 7) is 1.92. The van der Waals surface area contributed by atoms with Crippen LogP contribution in [0.3, 0.4) is 0 Å². The maximum absolute atomic E-state index is 13.2. The van der Waals surface area contributed by atoms with Gasteiger partial charge in [-0.25, -0.2) is 9.37 Å². The number of carboxylic acids is 1. The molecule has 0 spiro atoms. The van der Waals surface area contributed by atoms with Gasteiger partial charge < -0.3 is 9.52 Å². The molecule has 1 aromatic carbocycles. The van der Waals surface area contributed by atoms with Gasteiger partial charge in [-0.05, 0) is 37.6 Å². The summed E-state index contributed by atoms with van der Waals surface area (Å²) < 4.78 is 18.6. The fourth-order valence-corrected chi connectivity index (χ4v) is 2.76. The molecule has 0 saturated carbocycles. The Bertz CT molecular complexity index is 671. The highest BCUT2D eigenvalue weighted by Gasteiger charge is 2.25. The highest BCUT2D eigenvalue weighted by Crippen LogP contribution is 2.22. The van der Waals surface area contributed by atoms with Crippen molar-refractivity contribution in [1.82, 2.24) is 9.88 Å². The molecule has 0 radical (unpaired) electrons. The molecule has 1 saturated heterocycles. The number of aromatic nitrogens is 1. The molecule has 22 heavy (non-hydrogen) atoms. The van der Waals surface area contributed by atoms with Gasteiger partial charge in [0.25, 0.3) is 0 Å². The Labute approximate surface area is 127 Å². The van der Waals surface area contributed by atoms with Crippen LogP contribution in [0.1, 0.15) is 18.5 Å². The first kappa shape index (κ1) is 14.7. The first-order valence-electron chi connectivity index (χ1n) is 7.27. The quantitative estimate of drug-likeness (QED) is 0.941. The lowest BCUT2D eigenvalue weighted by molar-refractivity contribution is -0.143. The first-order valence-corrected chi connectivity index (χ1v) is 7.27. The van der Waals surface area contributed by atoms with Gasteiger partial charge in [0, 0.05) is 18.7 Å². The minimum absolute atomic E-state index is 0.316. The molecule has 3 rings (SSSR count). The van der Waals surface area contributed by atoms with Gasteiger partial charge in [-0.1, -0.05) is 6.07 Å². The molecule has 0 aliphatic carbocycles. The Hall–Kier alpha value is -2.21. The van der Waals surface area contributed by atoms with Crippen molar-refractivity contribution in [2.24, 2.45) is 5.92 Å². The second-order valence-corrected chi connectivity index (χ2v) is 5.57. The van der Waals surface area contributed by atoms with Crippen molar-refractivity contribution in [3.05, 3.63) is 42.0 Å². The summed E-state index contributed by atoms with van der Waals surface area (Å²) in [7, 11) is 0. The van der Waals surface area contributed by atoms with Crippen molar-refractivity contribution in [3.8, 4) is 11.5 Å². The number of aliphatic carboxylic acids is 1.